The lowest BCUT2D eigenvalue weighted by Crippen LogP contribution is -2.53. The first-order valence-corrected chi connectivity index (χ1v) is 9.90. The van der Waals surface area contributed by atoms with Crippen LogP contribution in [0.5, 0.6) is 0 Å². The first-order valence-electron chi connectivity index (χ1n) is 9.90. The summed E-state index contributed by atoms with van der Waals surface area (Å²) in [4.78, 5) is 27.7. The number of carbonyl (C=O) groups excluding carboxylic acids is 2. The predicted molar refractivity (Wildman–Crippen MR) is 115 cm³/mol. The molecule has 0 fully saturated rings. The van der Waals surface area contributed by atoms with Gasteiger partial charge in [0.15, 0.2) is 5.60 Å². The van der Waals surface area contributed by atoms with Gasteiger partial charge in [-0.1, -0.05) is 48.5 Å². The highest BCUT2D eigenvalue weighted by molar-refractivity contribution is 5.88. The number of carbonyl (C=O) groups is 2. The molecule has 0 bridgehead atoms. The number of aromatic amines is 1. The molecular formula is C23H27N3O4. The number of aromatic nitrogens is 1. The molecular weight excluding hydrogens is 382 g/mol. The lowest BCUT2D eigenvalue weighted by molar-refractivity contribution is -0.139. The average molecular weight is 409 g/mol. The third kappa shape index (κ3) is 5.18. The fourth-order valence-corrected chi connectivity index (χ4v) is 3.54. The molecule has 3 aromatic rings. The van der Waals surface area contributed by atoms with E-state index >= 15 is 0 Å². The number of benzene rings is 2. The van der Waals surface area contributed by atoms with Gasteiger partial charge in [0, 0.05) is 23.5 Å². The average Bonchev–Trinajstić information content (AvgIpc) is 3.15. The molecule has 0 radical (unpaired) electrons. The van der Waals surface area contributed by atoms with E-state index in [1.165, 1.54) is 0 Å². The van der Waals surface area contributed by atoms with Crippen LogP contribution in [0.4, 0.5) is 4.79 Å². The Labute approximate surface area is 175 Å². The van der Waals surface area contributed by atoms with Gasteiger partial charge in [0.2, 0.25) is 0 Å². The van der Waals surface area contributed by atoms with Gasteiger partial charge in [0.05, 0.1) is 12.6 Å². The van der Waals surface area contributed by atoms with E-state index in [0.29, 0.717) is 12.8 Å². The van der Waals surface area contributed by atoms with Gasteiger partial charge in [-0.25, -0.2) is 4.79 Å². The van der Waals surface area contributed by atoms with E-state index < -0.39 is 23.6 Å². The number of nitrogens with two attached hydrogens (primary N) is 1. The van der Waals surface area contributed by atoms with Gasteiger partial charge in [-0.15, -0.1) is 0 Å². The smallest absolute Gasteiger partial charge is 0.405 e. The van der Waals surface area contributed by atoms with E-state index in [9.17, 15) is 14.7 Å². The maximum absolute atomic E-state index is 13.0. The highest BCUT2D eigenvalue weighted by Crippen LogP contribution is 2.24. The van der Waals surface area contributed by atoms with E-state index in [4.69, 9.17) is 10.5 Å². The van der Waals surface area contributed by atoms with E-state index in [1.807, 2.05) is 60.8 Å². The second-order valence-electron chi connectivity index (χ2n) is 7.55. The molecule has 0 aliphatic rings. The van der Waals surface area contributed by atoms with E-state index in [2.05, 4.69) is 10.3 Å². The van der Waals surface area contributed by atoms with Crippen LogP contribution in [0, 0.1) is 0 Å². The summed E-state index contributed by atoms with van der Waals surface area (Å²) in [5.74, 6) is -0.490. The number of fused-ring (bicyclic) bond motifs is 1. The first-order chi connectivity index (χ1) is 14.4. The minimum atomic E-state index is -1.46. The fraction of sp³-hybridized carbons (Fsp3) is 0.304. The van der Waals surface area contributed by atoms with Crippen LogP contribution in [-0.4, -0.2) is 40.3 Å². The normalized spacial score (nSPS) is 14.1. The number of aliphatic hydroxyl groups is 1. The summed E-state index contributed by atoms with van der Waals surface area (Å²) in [5, 5.41) is 13.6. The number of hydrogen-bond acceptors (Lipinski definition) is 4. The van der Waals surface area contributed by atoms with Gasteiger partial charge >= 0.3 is 6.09 Å². The zero-order valence-corrected chi connectivity index (χ0v) is 16.9. The number of aliphatic hydroxyl groups excluding tert-OH is 1. The molecule has 1 aromatic heterocycles. The lowest BCUT2D eigenvalue weighted by Gasteiger charge is -2.29. The molecule has 5 N–H and O–H groups in total. The van der Waals surface area contributed by atoms with Crippen LogP contribution >= 0.6 is 0 Å². The second-order valence-corrected chi connectivity index (χ2v) is 7.55. The van der Waals surface area contributed by atoms with Gasteiger partial charge in [0.25, 0.3) is 5.91 Å². The molecule has 0 saturated heterocycles. The van der Waals surface area contributed by atoms with Crippen molar-refractivity contribution in [3.05, 3.63) is 71.9 Å². The highest BCUT2D eigenvalue weighted by atomic mass is 16.6. The topological polar surface area (TPSA) is 117 Å². The van der Waals surface area contributed by atoms with Gasteiger partial charge in [-0.2, -0.15) is 0 Å². The number of nitrogens with one attached hydrogen (secondary N) is 2. The number of amides is 2. The van der Waals surface area contributed by atoms with Crippen LogP contribution in [0.3, 0.4) is 0 Å². The number of hydrogen-bond donors (Lipinski definition) is 4. The zero-order valence-electron chi connectivity index (χ0n) is 16.9. The van der Waals surface area contributed by atoms with Crippen molar-refractivity contribution in [2.24, 2.45) is 5.73 Å². The van der Waals surface area contributed by atoms with E-state index in [-0.39, 0.29) is 13.0 Å². The van der Waals surface area contributed by atoms with Crippen LogP contribution in [0.15, 0.2) is 60.8 Å². The third-order valence-corrected chi connectivity index (χ3v) is 5.23. The Morgan fingerprint density at radius 3 is 2.57 bits per heavy atom. The highest BCUT2D eigenvalue weighted by Gasteiger charge is 2.38. The Kier molecular flexibility index (Phi) is 6.74. The van der Waals surface area contributed by atoms with Gasteiger partial charge < -0.3 is 25.9 Å². The number of rotatable bonds is 9. The van der Waals surface area contributed by atoms with Crippen molar-refractivity contribution in [2.45, 2.75) is 37.8 Å². The Bertz CT molecular complexity index is 1000. The summed E-state index contributed by atoms with van der Waals surface area (Å²) in [5.41, 5.74) is 6.77. The minimum absolute atomic E-state index is 0.240. The zero-order chi connectivity index (χ0) is 21.6. The molecule has 0 aliphatic carbocycles. The van der Waals surface area contributed by atoms with Crippen LogP contribution in [0.25, 0.3) is 10.9 Å². The Morgan fingerprint density at radius 1 is 1.17 bits per heavy atom. The van der Waals surface area contributed by atoms with Crippen molar-refractivity contribution in [2.75, 3.05) is 6.61 Å². The maximum atomic E-state index is 13.0. The maximum Gasteiger partial charge on any atom is 0.405 e. The molecule has 1 heterocycles. The summed E-state index contributed by atoms with van der Waals surface area (Å²) in [6.45, 7) is 1.30. The van der Waals surface area contributed by atoms with Crippen molar-refractivity contribution < 1.29 is 19.4 Å². The molecule has 30 heavy (non-hydrogen) atoms. The van der Waals surface area contributed by atoms with Crippen LogP contribution in [-0.2, 0) is 22.4 Å². The van der Waals surface area contributed by atoms with Crippen molar-refractivity contribution >= 4 is 22.9 Å². The molecule has 3 rings (SSSR count). The molecule has 7 nitrogen and oxygen atoms in total. The number of ether oxygens (including phenoxy) is 1. The molecule has 0 aliphatic heterocycles. The first kappa shape index (κ1) is 21.4. The molecule has 2 aromatic carbocycles. The van der Waals surface area contributed by atoms with Crippen LogP contribution in [0.1, 0.15) is 24.5 Å². The molecule has 2 unspecified atom stereocenters. The lowest BCUT2D eigenvalue weighted by atomic mass is 9.94. The van der Waals surface area contributed by atoms with Crippen molar-refractivity contribution in [3.8, 4) is 0 Å². The fourth-order valence-electron chi connectivity index (χ4n) is 3.54. The van der Waals surface area contributed by atoms with E-state index in [1.54, 1.807) is 6.92 Å². The number of H-pyrrole nitrogens is 1. The van der Waals surface area contributed by atoms with Crippen LogP contribution in [0.2, 0.25) is 0 Å². The Hall–Kier alpha value is -3.32. The van der Waals surface area contributed by atoms with Crippen molar-refractivity contribution in [3.63, 3.8) is 0 Å². The second kappa shape index (κ2) is 9.45. The predicted octanol–water partition coefficient (Wildman–Crippen LogP) is 2.67. The minimum Gasteiger partial charge on any atom is -0.433 e. The molecule has 2 atom stereocenters. The summed E-state index contributed by atoms with van der Waals surface area (Å²) in [6, 6.07) is 16.9. The van der Waals surface area contributed by atoms with Gasteiger partial charge in [-0.3, -0.25) is 4.79 Å². The van der Waals surface area contributed by atoms with Gasteiger partial charge in [-0.05, 0) is 37.0 Å². The van der Waals surface area contributed by atoms with Crippen molar-refractivity contribution in [1.29, 1.82) is 0 Å². The van der Waals surface area contributed by atoms with Crippen molar-refractivity contribution in [1.82, 2.24) is 10.3 Å². The SMILES string of the molecule is CC(CCc1c[nH]c2ccccc12)(OC(N)=O)C(=O)NC(CO)Cc1ccccc1. The molecule has 7 heteroatoms. The summed E-state index contributed by atoms with van der Waals surface area (Å²) < 4.78 is 5.24. The van der Waals surface area contributed by atoms with Crippen LogP contribution < -0.4 is 11.1 Å². The summed E-state index contributed by atoms with van der Waals surface area (Å²) in [6.07, 6.45) is 2.07. The largest absolute Gasteiger partial charge is 0.433 e. The molecule has 0 spiro atoms. The quantitative estimate of drug-likeness (QED) is 0.435. The number of primary amides is 1. The van der Waals surface area contributed by atoms with E-state index in [0.717, 1.165) is 22.0 Å². The monoisotopic (exact) mass is 409 g/mol. The standard InChI is InChI=1S/C23H27N3O4/c1-23(30-22(24)29,12-11-17-14-25-20-10-6-5-9-19(17)20)21(28)26-18(15-27)13-16-7-3-2-4-8-16/h2-10,14,18,25,27H,11-13,15H2,1H3,(H2,24,29)(H,26,28). The molecule has 2 amide bonds. The number of para-hydroxylation sites is 1. The summed E-state index contributed by atoms with van der Waals surface area (Å²) in [7, 11) is 0. The molecule has 158 valence electrons. The van der Waals surface area contributed by atoms with Gasteiger partial charge in [0.1, 0.15) is 0 Å². The Balaban J connectivity index is 1.72. The third-order valence-electron chi connectivity index (χ3n) is 5.23. The summed E-state index contributed by atoms with van der Waals surface area (Å²) >= 11 is 0. The number of aryl methyl sites for hydroxylation is 1. The Morgan fingerprint density at radius 2 is 1.87 bits per heavy atom. The molecule has 0 saturated carbocycles.